The minimum atomic E-state index is -2.07. The van der Waals surface area contributed by atoms with Gasteiger partial charge in [-0.05, 0) is 0 Å². The molecule has 0 bridgehead atoms. The fraction of sp³-hybridized carbons (Fsp3) is 0. The Kier molecular flexibility index (Phi) is 11.7. The number of carbonyl (C=O) groups is 4. The number of carboxylic acids is 4. The zero-order chi connectivity index (χ0) is 10.3. The largest absolute Gasteiger partial charge is 0.539 e. The van der Waals surface area contributed by atoms with Gasteiger partial charge in [-0.15, -0.1) is 0 Å². The molecule has 78 valence electrons. The van der Waals surface area contributed by atoms with Gasteiger partial charge in [-0.25, -0.2) is 9.59 Å². The Bertz CT molecular complexity index is 172. The molecule has 0 amide bonds. The molecule has 0 saturated carbocycles. The number of hydrogen-bond donors (Lipinski definition) is 2. The Morgan fingerprint density at radius 3 is 0.846 bits per heavy atom. The molecule has 0 rings (SSSR count). The van der Waals surface area contributed by atoms with E-state index in [1.165, 1.54) is 0 Å². The molecule has 8 nitrogen and oxygen atoms in total. The molecule has 0 aromatic rings. The van der Waals surface area contributed by atoms with Crippen LogP contribution in [0.5, 0.6) is 0 Å². The SMILES string of the molecule is O=C([O-])C(=O)O.O=C([O-])C(=O)O.[Pt]. The van der Waals surface area contributed by atoms with Crippen molar-refractivity contribution in [2.24, 2.45) is 0 Å². The van der Waals surface area contributed by atoms with E-state index in [2.05, 4.69) is 0 Å². The molecule has 0 radical (unpaired) electrons. The van der Waals surface area contributed by atoms with Gasteiger partial charge in [0.05, 0.1) is 0 Å². The van der Waals surface area contributed by atoms with Crippen LogP contribution in [0.4, 0.5) is 0 Å². The molecule has 0 heterocycles. The van der Waals surface area contributed by atoms with E-state index in [0.717, 1.165) is 0 Å². The van der Waals surface area contributed by atoms with E-state index >= 15 is 0 Å². The third kappa shape index (κ3) is 18.0. The molecule has 0 spiro atoms. The summed E-state index contributed by atoms with van der Waals surface area (Å²) in [5, 5.41) is 32.6. The second-order valence-electron chi connectivity index (χ2n) is 1.19. The van der Waals surface area contributed by atoms with E-state index < -0.39 is 23.9 Å². The third-order valence-electron chi connectivity index (χ3n) is 0.349. The summed E-state index contributed by atoms with van der Waals surface area (Å²) >= 11 is 0. The summed E-state index contributed by atoms with van der Waals surface area (Å²) in [4.78, 5) is 36.1. The van der Waals surface area contributed by atoms with Crippen molar-refractivity contribution < 1.29 is 60.7 Å². The molecule has 0 atom stereocenters. The maximum Gasteiger partial charge on any atom is 0.351 e. The Morgan fingerprint density at radius 1 is 0.769 bits per heavy atom. The van der Waals surface area contributed by atoms with Crippen molar-refractivity contribution in [1.29, 1.82) is 0 Å². The third-order valence-corrected chi connectivity index (χ3v) is 0.349. The summed E-state index contributed by atoms with van der Waals surface area (Å²) in [6, 6.07) is 0. The topological polar surface area (TPSA) is 155 Å². The Hall–Kier alpha value is -1.43. The van der Waals surface area contributed by atoms with Crippen molar-refractivity contribution in [1.82, 2.24) is 0 Å². The van der Waals surface area contributed by atoms with Crippen molar-refractivity contribution in [2.45, 2.75) is 0 Å². The van der Waals surface area contributed by atoms with Crippen LogP contribution in [0.1, 0.15) is 0 Å². The molecule has 0 fully saturated rings. The van der Waals surface area contributed by atoms with Crippen molar-refractivity contribution in [3.05, 3.63) is 0 Å². The van der Waals surface area contributed by atoms with E-state index in [9.17, 15) is 0 Å². The Morgan fingerprint density at radius 2 is 0.846 bits per heavy atom. The quantitative estimate of drug-likeness (QED) is 0.404. The van der Waals surface area contributed by atoms with E-state index in [-0.39, 0.29) is 21.1 Å². The van der Waals surface area contributed by atoms with E-state index in [4.69, 9.17) is 39.6 Å². The summed E-state index contributed by atoms with van der Waals surface area (Å²) in [5.74, 6) is -8.02. The standard InChI is InChI=1S/2C2H2O4.Pt/c2*3-1(4)2(5)6;/h2*(H,3,4)(H,5,6);/p-2. The predicted molar refractivity (Wildman–Crippen MR) is 25.3 cm³/mol. The van der Waals surface area contributed by atoms with E-state index in [1.807, 2.05) is 0 Å². The molecule has 0 aliphatic carbocycles. The smallest absolute Gasteiger partial charge is 0.351 e. The first-order valence-corrected chi connectivity index (χ1v) is 2.17. The molecule has 0 aromatic heterocycles. The second-order valence-corrected chi connectivity index (χ2v) is 1.19. The predicted octanol–water partition coefficient (Wildman–Crippen LogP) is -4.36. The first kappa shape index (κ1) is 17.6. The van der Waals surface area contributed by atoms with Crippen molar-refractivity contribution in [3.8, 4) is 0 Å². The van der Waals surface area contributed by atoms with Crippen LogP contribution in [0.2, 0.25) is 0 Å². The summed E-state index contributed by atoms with van der Waals surface area (Å²) in [6.45, 7) is 0. The number of carbonyl (C=O) groups excluding carboxylic acids is 2. The van der Waals surface area contributed by atoms with Gasteiger partial charge in [-0.3, -0.25) is 0 Å². The average molecular weight is 373 g/mol. The molecule has 0 unspecified atom stereocenters. The fourth-order valence-corrected chi connectivity index (χ4v) is 0. The Labute approximate surface area is 85.1 Å². The van der Waals surface area contributed by atoms with Crippen LogP contribution in [0.15, 0.2) is 0 Å². The van der Waals surface area contributed by atoms with Crippen LogP contribution in [0, 0.1) is 0 Å². The number of hydrogen-bond acceptors (Lipinski definition) is 6. The molecule has 0 aliphatic rings. The first-order valence-electron chi connectivity index (χ1n) is 2.17. The number of carboxylic acid groups (broad SMARTS) is 4. The molecule has 0 saturated heterocycles. The van der Waals surface area contributed by atoms with Gasteiger partial charge in [0.2, 0.25) is 0 Å². The van der Waals surface area contributed by atoms with Gasteiger partial charge in [0.1, 0.15) is 0 Å². The van der Waals surface area contributed by atoms with Crippen LogP contribution in [0.25, 0.3) is 0 Å². The molecule has 9 heteroatoms. The van der Waals surface area contributed by atoms with Crippen LogP contribution in [0.3, 0.4) is 0 Å². The first-order chi connectivity index (χ1) is 5.29. The fourth-order valence-electron chi connectivity index (χ4n) is 0. The zero-order valence-corrected chi connectivity index (χ0v) is 7.93. The normalized spacial score (nSPS) is 6.77. The monoisotopic (exact) mass is 373 g/mol. The molecular weight excluding hydrogens is 371 g/mol. The van der Waals surface area contributed by atoms with Gasteiger partial charge in [-0.2, -0.15) is 0 Å². The van der Waals surface area contributed by atoms with Gasteiger partial charge >= 0.3 is 11.9 Å². The zero-order valence-electron chi connectivity index (χ0n) is 5.66. The van der Waals surface area contributed by atoms with Crippen LogP contribution >= 0.6 is 0 Å². The average Bonchev–Trinajstić information content (AvgIpc) is 1.88. The molecular formula is C4H2O8Pt-2. The van der Waals surface area contributed by atoms with Gasteiger partial charge < -0.3 is 30.0 Å². The number of aliphatic carboxylic acids is 4. The van der Waals surface area contributed by atoms with Crippen LogP contribution in [-0.4, -0.2) is 34.1 Å². The number of rotatable bonds is 0. The Balaban J connectivity index is -0.000000143. The van der Waals surface area contributed by atoms with Crippen LogP contribution < -0.4 is 10.2 Å². The van der Waals surface area contributed by atoms with Crippen LogP contribution in [-0.2, 0) is 40.2 Å². The van der Waals surface area contributed by atoms with Crippen molar-refractivity contribution >= 4 is 23.9 Å². The van der Waals surface area contributed by atoms with Gasteiger partial charge in [0.15, 0.2) is 11.9 Å². The summed E-state index contributed by atoms with van der Waals surface area (Å²) in [7, 11) is 0. The minimum absolute atomic E-state index is 0. The maximum absolute atomic E-state index is 9.04. The summed E-state index contributed by atoms with van der Waals surface area (Å²) < 4.78 is 0. The van der Waals surface area contributed by atoms with Crippen molar-refractivity contribution in [3.63, 3.8) is 0 Å². The van der Waals surface area contributed by atoms with Gasteiger partial charge in [0.25, 0.3) is 0 Å². The van der Waals surface area contributed by atoms with Gasteiger partial charge in [-0.1, -0.05) is 0 Å². The van der Waals surface area contributed by atoms with E-state index in [1.54, 1.807) is 0 Å². The summed E-state index contributed by atoms with van der Waals surface area (Å²) in [5.41, 5.74) is 0. The molecule has 0 aromatic carbocycles. The molecule has 13 heavy (non-hydrogen) atoms. The minimum Gasteiger partial charge on any atom is -0.539 e. The molecule has 2 N–H and O–H groups in total. The summed E-state index contributed by atoms with van der Waals surface area (Å²) in [6.07, 6.45) is 0. The maximum atomic E-state index is 9.04. The van der Waals surface area contributed by atoms with E-state index in [0.29, 0.717) is 0 Å². The van der Waals surface area contributed by atoms with Crippen molar-refractivity contribution in [2.75, 3.05) is 0 Å². The molecule has 0 aliphatic heterocycles. The second kappa shape index (κ2) is 8.66. The van der Waals surface area contributed by atoms with Gasteiger partial charge in [0, 0.05) is 21.1 Å².